The van der Waals surface area contributed by atoms with Gasteiger partial charge < -0.3 is 10.1 Å². The van der Waals surface area contributed by atoms with E-state index in [1.165, 1.54) is 23.9 Å². The topological polar surface area (TPSA) is 64.1 Å². The van der Waals surface area contributed by atoms with Crippen LogP contribution in [0.2, 0.25) is 0 Å². The highest BCUT2D eigenvalue weighted by atomic mass is 32.2. The summed E-state index contributed by atoms with van der Waals surface area (Å²) in [5.41, 5.74) is 2.53. The van der Waals surface area contributed by atoms with E-state index >= 15 is 0 Å². The lowest BCUT2D eigenvalue weighted by Crippen LogP contribution is -2.17. The van der Waals surface area contributed by atoms with Gasteiger partial charge in [-0.1, -0.05) is 0 Å². The highest BCUT2D eigenvalue weighted by Gasteiger charge is 2.31. The number of hydrogen-bond acceptors (Lipinski definition) is 5. The third-order valence-electron chi connectivity index (χ3n) is 3.63. The van der Waals surface area contributed by atoms with Crippen LogP contribution in [0.4, 0.5) is 18.9 Å². The number of halogens is 3. The molecule has 3 aromatic rings. The van der Waals surface area contributed by atoms with E-state index in [2.05, 4.69) is 20.0 Å². The Balaban J connectivity index is 1.62. The molecule has 9 heteroatoms. The summed E-state index contributed by atoms with van der Waals surface area (Å²) in [6, 6.07) is 13.7. The molecular formula is C20H16F3N3O2S. The number of anilines is 1. The van der Waals surface area contributed by atoms with Gasteiger partial charge in [-0.2, -0.15) is 0 Å². The second-order valence-corrected chi connectivity index (χ2v) is 7.13. The van der Waals surface area contributed by atoms with Crippen LogP contribution in [0.15, 0.2) is 64.6 Å². The molecule has 0 aliphatic heterocycles. The van der Waals surface area contributed by atoms with Gasteiger partial charge in [0.05, 0.1) is 0 Å². The predicted molar refractivity (Wildman–Crippen MR) is 103 cm³/mol. The van der Waals surface area contributed by atoms with E-state index in [4.69, 9.17) is 0 Å². The standard InChI is InChI=1S/C20H16F3N3O2S/c1-12-11-13(2)25-19(24-12)29-17-9-5-15(6-10-17)26-18(27)14-3-7-16(8-4-14)28-20(21,22)23/h3-11H,1-2H3,(H,26,27). The smallest absolute Gasteiger partial charge is 0.406 e. The van der Waals surface area contributed by atoms with Gasteiger partial charge >= 0.3 is 6.36 Å². The minimum absolute atomic E-state index is 0.210. The second kappa shape index (κ2) is 8.52. The lowest BCUT2D eigenvalue weighted by Gasteiger charge is -2.10. The molecule has 29 heavy (non-hydrogen) atoms. The molecule has 1 aromatic heterocycles. The van der Waals surface area contributed by atoms with E-state index in [9.17, 15) is 18.0 Å². The van der Waals surface area contributed by atoms with Gasteiger partial charge in [0.15, 0.2) is 5.16 Å². The van der Waals surface area contributed by atoms with E-state index in [1.54, 1.807) is 12.1 Å². The molecule has 0 saturated carbocycles. The minimum Gasteiger partial charge on any atom is -0.406 e. The van der Waals surface area contributed by atoms with E-state index in [1.807, 2.05) is 32.0 Å². The van der Waals surface area contributed by atoms with E-state index < -0.39 is 12.3 Å². The molecule has 0 aliphatic carbocycles. The Morgan fingerprint density at radius 2 is 1.55 bits per heavy atom. The average Bonchev–Trinajstić information content (AvgIpc) is 2.62. The molecular weight excluding hydrogens is 403 g/mol. The first kappa shape index (κ1) is 20.7. The molecule has 2 aromatic carbocycles. The number of rotatable bonds is 5. The van der Waals surface area contributed by atoms with Crippen molar-refractivity contribution in [2.45, 2.75) is 30.3 Å². The largest absolute Gasteiger partial charge is 0.573 e. The number of ether oxygens (including phenoxy) is 1. The van der Waals surface area contributed by atoms with Crippen LogP contribution in [0.5, 0.6) is 5.75 Å². The van der Waals surface area contributed by atoms with Crippen LogP contribution in [-0.4, -0.2) is 22.2 Å². The van der Waals surface area contributed by atoms with Crippen LogP contribution < -0.4 is 10.1 Å². The van der Waals surface area contributed by atoms with Crippen LogP contribution in [0.25, 0.3) is 0 Å². The molecule has 1 amide bonds. The third-order valence-corrected chi connectivity index (χ3v) is 4.51. The molecule has 0 unspecified atom stereocenters. The fourth-order valence-corrected chi connectivity index (χ4v) is 3.32. The van der Waals surface area contributed by atoms with Gasteiger partial charge in [-0.05, 0) is 80.2 Å². The summed E-state index contributed by atoms with van der Waals surface area (Å²) in [6.07, 6.45) is -4.77. The Hall–Kier alpha value is -3.07. The Morgan fingerprint density at radius 1 is 0.966 bits per heavy atom. The number of amides is 1. The van der Waals surface area contributed by atoms with Crippen LogP contribution in [0.1, 0.15) is 21.7 Å². The second-order valence-electron chi connectivity index (χ2n) is 6.09. The third kappa shape index (κ3) is 6.21. The van der Waals surface area contributed by atoms with Crippen molar-refractivity contribution in [3.63, 3.8) is 0 Å². The van der Waals surface area contributed by atoms with Gasteiger partial charge in [-0.15, -0.1) is 13.2 Å². The van der Waals surface area contributed by atoms with Crippen molar-refractivity contribution in [1.29, 1.82) is 0 Å². The Kier molecular flexibility index (Phi) is 6.07. The van der Waals surface area contributed by atoms with Crippen LogP contribution in [-0.2, 0) is 0 Å². The fraction of sp³-hybridized carbons (Fsp3) is 0.150. The Bertz CT molecular complexity index is 987. The van der Waals surface area contributed by atoms with Gasteiger partial charge in [0.2, 0.25) is 0 Å². The zero-order chi connectivity index (χ0) is 21.0. The first-order chi connectivity index (χ1) is 13.7. The molecule has 0 aliphatic rings. The van der Waals surface area contributed by atoms with Crippen molar-refractivity contribution in [3.8, 4) is 5.75 Å². The number of carbonyl (C=O) groups excluding carboxylic acids is 1. The maximum absolute atomic E-state index is 12.3. The van der Waals surface area contributed by atoms with Gasteiger partial charge in [-0.25, -0.2) is 9.97 Å². The summed E-state index contributed by atoms with van der Waals surface area (Å²) in [4.78, 5) is 21.9. The molecule has 1 N–H and O–H groups in total. The fourth-order valence-electron chi connectivity index (χ4n) is 2.46. The molecule has 1 heterocycles. The first-order valence-corrected chi connectivity index (χ1v) is 9.27. The van der Waals surface area contributed by atoms with Crippen LogP contribution >= 0.6 is 11.8 Å². The van der Waals surface area contributed by atoms with Crippen molar-refractivity contribution >= 4 is 23.4 Å². The average molecular weight is 419 g/mol. The zero-order valence-corrected chi connectivity index (χ0v) is 16.3. The quantitative estimate of drug-likeness (QED) is 0.562. The molecule has 0 spiro atoms. The SMILES string of the molecule is Cc1cc(C)nc(Sc2ccc(NC(=O)c3ccc(OC(F)(F)F)cc3)cc2)n1. The normalized spacial score (nSPS) is 11.2. The summed E-state index contributed by atoms with van der Waals surface area (Å²) >= 11 is 1.41. The number of aryl methyl sites for hydroxylation is 2. The molecule has 150 valence electrons. The van der Waals surface area contributed by atoms with Gasteiger partial charge in [-0.3, -0.25) is 4.79 Å². The van der Waals surface area contributed by atoms with Gasteiger partial charge in [0.1, 0.15) is 5.75 Å². The molecule has 0 radical (unpaired) electrons. The van der Waals surface area contributed by atoms with Crippen molar-refractivity contribution in [2.24, 2.45) is 0 Å². The zero-order valence-electron chi connectivity index (χ0n) is 15.4. The number of hydrogen-bond donors (Lipinski definition) is 1. The van der Waals surface area contributed by atoms with Crippen molar-refractivity contribution in [1.82, 2.24) is 9.97 Å². The maximum atomic E-state index is 12.3. The lowest BCUT2D eigenvalue weighted by atomic mass is 10.2. The predicted octanol–water partition coefficient (Wildman–Crippen LogP) is 5.40. The van der Waals surface area contributed by atoms with Crippen molar-refractivity contribution in [2.75, 3.05) is 5.32 Å². The first-order valence-electron chi connectivity index (χ1n) is 8.45. The Morgan fingerprint density at radius 3 is 2.10 bits per heavy atom. The van der Waals surface area contributed by atoms with Crippen molar-refractivity contribution < 1.29 is 22.7 Å². The number of benzene rings is 2. The Labute approximate surface area is 169 Å². The van der Waals surface area contributed by atoms with E-state index in [-0.39, 0.29) is 11.3 Å². The highest BCUT2D eigenvalue weighted by Crippen LogP contribution is 2.27. The minimum atomic E-state index is -4.77. The van der Waals surface area contributed by atoms with Crippen molar-refractivity contribution in [3.05, 3.63) is 71.5 Å². The monoisotopic (exact) mass is 419 g/mol. The number of carbonyl (C=O) groups is 1. The van der Waals surface area contributed by atoms with Crippen LogP contribution in [0.3, 0.4) is 0 Å². The number of nitrogens with zero attached hydrogens (tertiary/aromatic N) is 2. The molecule has 0 saturated heterocycles. The highest BCUT2D eigenvalue weighted by molar-refractivity contribution is 7.99. The van der Waals surface area contributed by atoms with E-state index in [0.29, 0.717) is 10.8 Å². The number of alkyl halides is 3. The summed E-state index contributed by atoms with van der Waals surface area (Å²) in [6.45, 7) is 3.80. The van der Waals surface area contributed by atoms with Gasteiger partial charge in [0, 0.05) is 27.5 Å². The van der Waals surface area contributed by atoms with E-state index in [0.717, 1.165) is 28.4 Å². The molecule has 0 atom stereocenters. The lowest BCUT2D eigenvalue weighted by molar-refractivity contribution is -0.274. The summed E-state index contributed by atoms with van der Waals surface area (Å²) in [5, 5.41) is 3.33. The van der Waals surface area contributed by atoms with Crippen LogP contribution in [0, 0.1) is 13.8 Å². The summed E-state index contributed by atoms with van der Waals surface area (Å²) in [5.74, 6) is -0.828. The number of nitrogens with one attached hydrogen (secondary N) is 1. The number of aromatic nitrogens is 2. The molecule has 0 bridgehead atoms. The molecule has 3 rings (SSSR count). The van der Waals surface area contributed by atoms with Gasteiger partial charge in [0.25, 0.3) is 5.91 Å². The maximum Gasteiger partial charge on any atom is 0.573 e. The summed E-state index contributed by atoms with van der Waals surface area (Å²) in [7, 11) is 0. The molecule has 0 fully saturated rings. The molecule has 5 nitrogen and oxygen atoms in total. The summed E-state index contributed by atoms with van der Waals surface area (Å²) < 4.78 is 40.3.